The molecule has 7 heteroatoms. The van der Waals surface area contributed by atoms with Crippen LogP contribution in [0.4, 0.5) is 17.1 Å². The molecule has 130 valence electrons. The van der Waals surface area contributed by atoms with E-state index >= 15 is 0 Å². The van der Waals surface area contributed by atoms with Gasteiger partial charge in [-0.2, -0.15) is 0 Å². The van der Waals surface area contributed by atoms with E-state index in [-0.39, 0.29) is 16.8 Å². The molecule has 0 aliphatic heterocycles. The fourth-order valence-corrected chi connectivity index (χ4v) is 2.31. The quantitative estimate of drug-likeness (QED) is 0.507. The Balaban J connectivity index is 2.13. The average Bonchev–Trinajstić information content (AvgIpc) is 2.54. The first kappa shape index (κ1) is 18.1. The van der Waals surface area contributed by atoms with Crippen molar-refractivity contribution in [2.45, 2.75) is 26.2 Å². The molecule has 25 heavy (non-hydrogen) atoms. The van der Waals surface area contributed by atoms with E-state index in [4.69, 9.17) is 0 Å². The maximum atomic E-state index is 12.2. The average molecular weight is 341 g/mol. The Bertz CT molecular complexity index is 825. The summed E-state index contributed by atoms with van der Waals surface area (Å²) in [5.74, 6) is -1.74. The Morgan fingerprint density at radius 2 is 1.60 bits per heavy atom. The van der Waals surface area contributed by atoms with Crippen LogP contribution in [0.5, 0.6) is 0 Å². The Hall–Kier alpha value is -3.22. The second-order valence-electron chi connectivity index (χ2n) is 6.51. The van der Waals surface area contributed by atoms with Crippen LogP contribution < -0.4 is 10.6 Å². The van der Waals surface area contributed by atoms with Gasteiger partial charge in [-0.1, -0.05) is 45.0 Å². The zero-order valence-electron chi connectivity index (χ0n) is 14.2. The number of anilines is 2. The van der Waals surface area contributed by atoms with E-state index in [0.29, 0.717) is 5.69 Å². The van der Waals surface area contributed by atoms with Crippen LogP contribution in [-0.2, 0) is 15.0 Å². The number of nitro groups is 1. The number of carbonyl (C=O) groups excluding carboxylic acids is 2. The van der Waals surface area contributed by atoms with Crippen LogP contribution in [0.15, 0.2) is 48.5 Å². The van der Waals surface area contributed by atoms with E-state index in [1.54, 1.807) is 12.1 Å². The topological polar surface area (TPSA) is 101 Å². The van der Waals surface area contributed by atoms with Crippen molar-refractivity contribution in [2.24, 2.45) is 0 Å². The number of hydrogen-bond acceptors (Lipinski definition) is 4. The Labute approximate surface area is 145 Å². The summed E-state index contributed by atoms with van der Waals surface area (Å²) in [4.78, 5) is 34.4. The lowest BCUT2D eigenvalue weighted by atomic mass is 9.86. The van der Waals surface area contributed by atoms with Gasteiger partial charge < -0.3 is 10.6 Å². The molecule has 0 heterocycles. The minimum absolute atomic E-state index is 0.170. The van der Waals surface area contributed by atoms with Crippen LogP contribution in [-0.4, -0.2) is 16.7 Å². The normalized spacial score (nSPS) is 10.8. The third kappa shape index (κ3) is 4.63. The van der Waals surface area contributed by atoms with Crippen molar-refractivity contribution in [2.75, 3.05) is 10.6 Å². The van der Waals surface area contributed by atoms with E-state index in [0.717, 1.165) is 5.56 Å². The van der Waals surface area contributed by atoms with Gasteiger partial charge in [0.2, 0.25) is 0 Å². The van der Waals surface area contributed by atoms with Gasteiger partial charge in [0.05, 0.1) is 4.92 Å². The van der Waals surface area contributed by atoms with Gasteiger partial charge in [-0.05, 0) is 23.1 Å². The minimum atomic E-state index is -0.899. The highest BCUT2D eigenvalue weighted by Gasteiger charge is 2.21. The van der Waals surface area contributed by atoms with Crippen molar-refractivity contribution in [1.29, 1.82) is 0 Å². The van der Waals surface area contributed by atoms with Gasteiger partial charge in [-0.15, -0.1) is 0 Å². The number of hydrogen-bond donors (Lipinski definition) is 2. The molecule has 0 aromatic heterocycles. The number of nitrogens with one attached hydrogen (secondary N) is 2. The first-order valence-electron chi connectivity index (χ1n) is 7.65. The van der Waals surface area contributed by atoms with E-state index < -0.39 is 16.7 Å². The summed E-state index contributed by atoms with van der Waals surface area (Å²) in [5, 5.41) is 15.7. The van der Waals surface area contributed by atoms with Crippen LogP contribution >= 0.6 is 0 Å². The summed E-state index contributed by atoms with van der Waals surface area (Å²) in [6.45, 7) is 6.00. The molecule has 0 aliphatic rings. The van der Waals surface area contributed by atoms with Gasteiger partial charge in [0, 0.05) is 23.5 Å². The van der Waals surface area contributed by atoms with Crippen LogP contribution in [0.1, 0.15) is 26.3 Å². The molecule has 0 atom stereocenters. The molecule has 0 saturated carbocycles. The highest BCUT2D eigenvalue weighted by atomic mass is 16.6. The van der Waals surface area contributed by atoms with Crippen molar-refractivity contribution in [3.63, 3.8) is 0 Å². The van der Waals surface area contributed by atoms with Crippen LogP contribution in [0, 0.1) is 10.1 Å². The summed E-state index contributed by atoms with van der Waals surface area (Å²) in [7, 11) is 0. The molecule has 0 unspecified atom stereocenters. The smallest absolute Gasteiger partial charge is 0.314 e. The molecule has 0 spiro atoms. The molecular weight excluding hydrogens is 322 g/mol. The lowest BCUT2D eigenvalue weighted by Crippen LogP contribution is -2.30. The second-order valence-corrected chi connectivity index (χ2v) is 6.51. The van der Waals surface area contributed by atoms with Gasteiger partial charge in [0.1, 0.15) is 0 Å². The molecular formula is C18H19N3O4. The highest BCUT2D eigenvalue weighted by molar-refractivity contribution is 6.43. The van der Waals surface area contributed by atoms with Crippen molar-refractivity contribution >= 4 is 28.9 Å². The number of para-hydroxylation sites is 1. The standard InChI is InChI=1S/C18H19N3O4/c1-18(2,3)14-9-4-5-10-15(14)20-17(23)16(22)19-12-7-6-8-13(11-12)21(24)25/h4-11H,1-3H3,(H,19,22)(H,20,23). The fraction of sp³-hybridized carbons (Fsp3) is 0.222. The number of amides is 2. The number of non-ortho nitro benzene ring substituents is 1. The lowest BCUT2D eigenvalue weighted by molar-refractivity contribution is -0.384. The van der Waals surface area contributed by atoms with Crippen molar-refractivity contribution in [3.05, 3.63) is 64.2 Å². The van der Waals surface area contributed by atoms with Gasteiger partial charge in [-0.3, -0.25) is 19.7 Å². The maximum absolute atomic E-state index is 12.2. The molecule has 2 N–H and O–H groups in total. The zero-order chi connectivity index (χ0) is 18.6. The Morgan fingerprint density at radius 1 is 0.960 bits per heavy atom. The van der Waals surface area contributed by atoms with Crippen molar-refractivity contribution < 1.29 is 14.5 Å². The van der Waals surface area contributed by atoms with E-state index in [1.807, 2.05) is 32.9 Å². The molecule has 0 saturated heterocycles. The SMILES string of the molecule is CC(C)(C)c1ccccc1NC(=O)C(=O)Nc1cccc([N+](=O)[O-])c1. The van der Waals surface area contributed by atoms with Crippen LogP contribution in [0.25, 0.3) is 0 Å². The van der Waals surface area contributed by atoms with E-state index in [1.165, 1.54) is 24.3 Å². The van der Waals surface area contributed by atoms with Gasteiger partial charge in [0.15, 0.2) is 0 Å². The Kier molecular flexibility index (Phi) is 5.17. The summed E-state index contributed by atoms with van der Waals surface area (Å²) in [5.41, 5.74) is 1.25. The molecule has 2 aromatic rings. The molecule has 7 nitrogen and oxygen atoms in total. The summed E-state index contributed by atoms with van der Waals surface area (Å²) < 4.78 is 0. The minimum Gasteiger partial charge on any atom is -0.318 e. The molecule has 0 bridgehead atoms. The monoisotopic (exact) mass is 341 g/mol. The van der Waals surface area contributed by atoms with Crippen molar-refractivity contribution in [3.8, 4) is 0 Å². The van der Waals surface area contributed by atoms with E-state index in [2.05, 4.69) is 10.6 Å². The Morgan fingerprint density at radius 3 is 2.24 bits per heavy atom. The fourth-order valence-electron chi connectivity index (χ4n) is 2.31. The number of nitrogens with zero attached hydrogens (tertiary/aromatic N) is 1. The lowest BCUT2D eigenvalue weighted by Gasteiger charge is -2.22. The number of rotatable bonds is 3. The van der Waals surface area contributed by atoms with Gasteiger partial charge >= 0.3 is 11.8 Å². The highest BCUT2D eigenvalue weighted by Crippen LogP contribution is 2.29. The summed E-state index contributed by atoms with van der Waals surface area (Å²) >= 11 is 0. The predicted molar refractivity (Wildman–Crippen MR) is 95.5 cm³/mol. The maximum Gasteiger partial charge on any atom is 0.314 e. The van der Waals surface area contributed by atoms with Crippen LogP contribution in [0.2, 0.25) is 0 Å². The number of carbonyl (C=O) groups is 2. The second kappa shape index (κ2) is 7.12. The third-order valence-electron chi connectivity index (χ3n) is 3.50. The molecule has 2 aromatic carbocycles. The van der Waals surface area contributed by atoms with Crippen molar-refractivity contribution in [1.82, 2.24) is 0 Å². The molecule has 2 amide bonds. The molecule has 0 aliphatic carbocycles. The molecule has 0 fully saturated rings. The largest absolute Gasteiger partial charge is 0.318 e. The molecule has 2 rings (SSSR count). The number of benzene rings is 2. The summed E-state index contributed by atoms with van der Waals surface area (Å²) in [6, 6.07) is 12.6. The van der Waals surface area contributed by atoms with Gasteiger partial charge in [0.25, 0.3) is 5.69 Å². The van der Waals surface area contributed by atoms with Crippen LogP contribution in [0.3, 0.4) is 0 Å². The first-order chi connectivity index (χ1) is 11.7. The third-order valence-corrected chi connectivity index (χ3v) is 3.50. The van der Waals surface area contributed by atoms with Gasteiger partial charge in [-0.25, -0.2) is 0 Å². The number of nitro benzene ring substituents is 1. The first-order valence-corrected chi connectivity index (χ1v) is 7.65. The molecule has 0 radical (unpaired) electrons. The zero-order valence-corrected chi connectivity index (χ0v) is 14.2. The summed E-state index contributed by atoms with van der Waals surface area (Å²) in [6.07, 6.45) is 0. The van der Waals surface area contributed by atoms with E-state index in [9.17, 15) is 19.7 Å². The predicted octanol–water partition coefficient (Wildman–Crippen LogP) is 3.47.